The molecule has 4 aliphatic rings. The van der Waals surface area contributed by atoms with Gasteiger partial charge in [-0.2, -0.15) is 10.2 Å². The molecule has 7 aromatic heterocycles. The predicted octanol–water partition coefficient (Wildman–Crippen LogP) is 22.8. The van der Waals surface area contributed by atoms with Crippen LogP contribution in [0.3, 0.4) is 0 Å². The van der Waals surface area contributed by atoms with Crippen molar-refractivity contribution >= 4 is 156 Å². The van der Waals surface area contributed by atoms with Crippen LogP contribution in [-0.2, 0) is 62.1 Å². The van der Waals surface area contributed by atoms with Gasteiger partial charge in [0, 0.05) is 139 Å². The van der Waals surface area contributed by atoms with Crippen LogP contribution in [0.4, 0.5) is 0 Å². The number of hydrogen-bond acceptors (Lipinski definition) is 24. The number of ether oxygens (including phenoxy) is 7. The molecule has 3 saturated heterocycles. The summed E-state index contributed by atoms with van der Waals surface area (Å²) in [5, 5.41) is 18.7. The average Bonchev–Trinajstić information content (AvgIpc) is 1.68. The molecule has 0 aliphatic carbocycles. The minimum absolute atomic E-state index is 0. The zero-order valence-electron chi connectivity index (χ0n) is 71.1. The molecule has 4 aliphatic heterocycles. The Morgan fingerprint density at radius 2 is 0.756 bits per heavy atom. The van der Waals surface area contributed by atoms with E-state index in [1.54, 1.807) is 18.3 Å². The van der Waals surface area contributed by atoms with E-state index in [2.05, 4.69) is 170 Å². The number of rotatable bonds is 24. The van der Waals surface area contributed by atoms with Crippen LogP contribution in [0.25, 0.3) is 83.6 Å². The standard InChI is InChI=1S/C27H34N4O4Si.C22H21N3O3.C15H22N2O2Si.C12H13BrN2O2.C8H5Br2NO.C8H6BrNO.2CH4.B/c1-36(2,3)17-16-33-20-31-25(10-11-28-31)21-4-6-22(7-5-21)34-23-8-9-24-26(18-23)35-27(29-24)19-30-12-14-32-15-13-30;1-3-18(4-2-16(1)17-7-8-23-14-17)27-19-5-6-20-21(13-19)28-22(24-20)15-25-9-11-26-12-10-25;1-20(2,3)11-10-19-12-17-15(8-9-16-17)13-4-6-14(18)7-5-13;13-9-1-2-10-11(7-9)17-12(14-10)8-15-3-5-16-6-4-15;9-4-8-11-6-2-1-5(10)3-7(6)12-8;1-5-10-7-3-2-6(9)4-8(7)11-5;;;/h4-11,18H,12-17,19-20H2,1-3H3;1-8,13H,9-12,14-15H2;4-9,18H,10-12H2,1-3H3;1-2,7H,3-6,8H2;1-3H,4H2;2-4H,1H3;2*1H4;. The van der Waals surface area contributed by atoms with Gasteiger partial charge < -0.3 is 60.4 Å². The van der Waals surface area contributed by atoms with Crippen molar-refractivity contribution in [1.29, 1.82) is 0 Å². The Bertz CT molecular complexity index is 5990. The van der Waals surface area contributed by atoms with Crippen molar-refractivity contribution in [2.75, 3.05) is 98.7 Å². The first kappa shape index (κ1) is 98.0. The zero-order chi connectivity index (χ0) is 86.4. The smallest absolute Gasteiger partial charge is 0.209 e. The Balaban J connectivity index is 0.000000154. The van der Waals surface area contributed by atoms with E-state index in [1.807, 2.05) is 186 Å². The molecular formula is C94H109BBr4N13O13Si2. The fourth-order valence-corrected chi connectivity index (χ4v) is 16.1. The lowest BCUT2D eigenvalue weighted by atomic mass is 10.1. The Hall–Kier alpha value is -9.56. The number of aromatic nitrogens is 9. The largest absolute Gasteiger partial charge is 0.508 e. The number of hydrogen-bond donors (Lipinski definition) is 1. The molecule has 0 amide bonds. The molecule has 15 aromatic rings. The first-order chi connectivity index (χ1) is 60.1. The van der Waals surface area contributed by atoms with Gasteiger partial charge in [0.05, 0.1) is 82.5 Å². The van der Waals surface area contributed by atoms with Crippen molar-refractivity contribution in [3.63, 3.8) is 0 Å². The van der Waals surface area contributed by atoms with E-state index in [4.69, 9.17) is 55.2 Å². The maximum absolute atomic E-state index is 9.33. The van der Waals surface area contributed by atoms with Crippen molar-refractivity contribution in [2.24, 2.45) is 4.99 Å². The normalized spacial score (nSPS) is 14.2. The van der Waals surface area contributed by atoms with E-state index < -0.39 is 16.1 Å². The third-order valence-electron chi connectivity index (χ3n) is 20.1. The van der Waals surface area contributed by atoms with E-state index in [0.29, 0.717) is 49.4 Å². The lowest BCUT2D eigenvalue weighted by Crippen LogP contribution is -2.35. The van der Waals surface area contributed by atoms with E-state index in [1.165, 1.54) is 11.1 Å². The third-order valence-corrected chi connectivity index (χ3v) is 25.4. The van der Waals surface area contributed by atoms with Crippen molar-refractivity contribution in [1.82, 2.24) is 59.2 Å². The highest BCUT2D eigenvalue weighted by atomic mass is 79.9. The molecule has 3 fully saturated rings. The molecular weight excluding hydrogens is 1910 g/mol. The van der Waals surface area contributed by atoms with Gasteiger partial charge >= 0.3 is 0 Å². The Kier molecular flexibility index (Phi) is 36.8. The summed E-state index contributed by atoms with van der Waals surface area (Å²) in [7, 11) is -2.15. The number of alkyl halides is 1. The number of aliphatic imine (C=N–C) groups is 1. The van der Waals surface area contributed by atoms with Gasteiger partial charge in [-0.3, -0.25) is 19.7 Å². The predicted molar refractivity (Wildman–Crippen MR) is 521 cm³/mol. The highest BCUT2D eigenvalue weighted by molar-refractivity contribution is 9.11. The van der Waals surface area contributed by atoms with Gasteiger partial charge in [-0.05, 0) is 181 Å². The molecule has 19 rings (SSSR count). The first-order valence-electron chi connectivity index (χ1n) is 41.2. The van der Waals surface area contributed by atoms with E-state index in [0.717, 1.165) is 244 Å². The summed E-state index contributed by atoms with van der Waals surface area (Å²) in [6, 6.07) is 58.4. The number of benzene rings is 8. The van der Waals surface area contributed by atoms with Crippen LogP contribution in [0.15, 0.2) is 235 Å². The van der Waals surface area contributed by atoms with Gasteiger partial charge in [0.2, 0.25) is 23.6 Å². The monoisotopic (exact) mass is 2010 g/mol. The van der Waals surface area contributed by atoms with Crippen molar-refractivity contribution in [2.45, 2.75) is 112 Å². The molecule has 11 heterocycles. The number of nitrogens with zero attached hydrogens (tertiary/aromatic N) is 13. The number of aryl methyl sites for hydroxylation is 1. The van der Waals surface area contributed by atoms with Gasteiger partial charge in [-0.1, -0.05) is 130 Å². The second-order valence-corrected chi connectivity index (χ2v) is 46.7. The summed E-state index contributed by atoms with van der Waals surface area (Å²) in [5.41, 5.74) is 14.8. The van der Waals surface area contributed by atoms with Crippen molar-refractivity contribution < 1.29 is 60.4 Å². The van der Waals surface area contributed by atoms with Gasteiger partial charge in [-0.15, -0.1) is 0 Å². The topological polar surface area (TPSA) is 273 Å². The number of fused-ring (bicyclic) bond motifs is 5. The maximum Gasteiger partial charge on any atom is 0.209 e. The number of allylic oxidation sites excluding steroid dienone is 1. The molecule has 127 heavy (non-hydrogen) atoms. The van der Waals surface area contributed by atoms with Crippen molar-refractivity contribution in [3.8, 4) is 51.3 Å². The second kappa shape index (κ2) is 47.7. The minimum Gasteiger partial charge on any atom is -0.508 e. The molecule has 1 N–H and O–H groups in total. The van der Waals surface area contributed by atoms with Crippen LogP contribution in [0.5, 0.6) is 28.7 Å². The quantitative estimate of drug-likeness (QED) is 0.0334. The van der Waals surface area contributed by atoms with Crippen LogP contribution in [0.2, 0.25) is 51.4 Å². The lowest BCUT2D eigenvalue weighted by molar-refractivity contribution is 0.0307. The molecule has 0 unspecified atom stereocenters. The van der Waals surface area contributed by atoms with Crippen LogP contribution < -0.4 is 9.47 Å². The summed E-state index contributed by atoms with van der Waals surface area (Å²) in [6.07, 6.45) is 7.47. The van der Waals surface area contributed by atoms with Crippen LogP contribution in [0, 0.1) is 6.92 Å². The molecule has 0 bridgehead atoms. The van der Waals surface area contributed by atoms with Crippen molar-refractivity contribution in [3.05, 3.63) is 243 Å². The van der Waals surface area contributed by atoms with Crippen LogP contribution >= 0.6 is 63.7 Å². The fourth-order valence-electron chi connectivity index (χ4n) is 13.3. The number of halogens is 4. The highest BCUT2D eigenvalue weighted by Gasteiger charge is 2.21. The second-order valence-electron chi connectivity index (χ2n) is 32.2. The number of aromatic hydroxyl groups is 1. The summed E-state index contributed by atoms with van der Waals surface area (Å²) in [6.45, 7) is 31.4. The number of phenolic OH excluding ortho intramolecular Hbond substituents is 1. The Labute approximate surface area is 778 Å². The first-order valence-corrected chi connectivity index (χ1v) is 52.1. The van der Waals surface area contributed by atoms with Gasteiger partial charge in [-0.25, -0.2) is 34.3 Å². The molecule has 33 heteroatoms. The Morgan fingerprint density at radius 3 is 1.14 bits per heavy atom. The van der Waals surface area contributed by atoms with Gasteiger partial charge in [0.15, 0.2) is 33.8 Å². The third kappa shape index (κ3) is 29.7. The lowest BCUT2D eigenvalue weighted by Gasteiger charge is -2.24. The molecule has 0 spiro atoms. The molecule has 0 saturated carbocycles. The molecule has 3 radical (unpaired) electrons. The maximum atomic E-state index is 9.33. The summed E-state index contributed by atoms with van der Waals surface area (Å²) in [4.78, 5) is 33.2. The van der Waals surface area contributed by atoms with Crippen LogP contribution in [-0.4, -0.2) is 194 Å². The molecule has 26 nitrogen and oxygen atoms in total. The fraction of sp³-hybridized carbons (Fsp3) is 0.340. The number of oxazole rings is 5. The summed E-state index contributed by atoms with van der Waals surface area (Å²) < 4.78 is 75.0. The zero-order valence-corrected chi connectivity index (χ0v) is 79.4. The summed E-state index contributed by atoms with van der Waals surface area (Å²) >= 11 is 13.4. The summed E-state index contributed by atoms with van der Waals surface area (Å²) in [5.74, 6) is 6.90. The highest BCUT2D eigenvalue weighted by Crippen LogP contribution is 2.33. The van der Waals surface area contributed by atoms with E-state index in [9.17, 15) is 5.11 Å². The molecule has 8 aromatic carbocycles. The Morgan fingerprint density at radius 1 is 0.409 bits per heavy atom. The molecule has 667 valence electrons. The van der Waals surface area contributed by atoms with E-state index >= 15 is 0 Å². The van der Waals surface area contributed by atoms with Crippen LogP contribution in [0.1, 0.15) is 49.9 Å². The van der Waals surface area contributed by atoms with E-state index in [-0.39, 0.29) is 29.0 Å². The SMILES string of the molecule is BrCc1nc2ccc(Br)cc2o1.Brc1ccc2nc(CN3CCOCC3)oc2c1.C.C.C1=NCC(c2ccc(Oc3ccc4nc(CN5CCOCC5)oc4c3)cc2)=C1.C[Si](C)(C)CCOCn1nccc1-c1ccc(O)cc1.C[Si](C)(C)CCOCn1nccc1-c1ccc(Oc2ccc3nc(CN4CCOCC4)oc3c2)cc1.Cc1nc2ccc(Br)cc2o1.[B]. The molecule has 0 atom stereocenters. The van der Waals surface area contributed by atoms with Gasteiger partial charge in [0.25, 0.3) is 0 Å². The average molecular weight is 2020 g/mol. The minimum atomic E-state index is -1.10. The van der Waals surface area contributed by atoms with Gasteiger partial charge in [0.1, 0.15) is 69.8 Å². The number of morpholine rings is 3. The number of phenols is 1.